The third-order valence-corrected chi connectivity index (χ3v) is 5.09. The van der Waals surface area contributed by atoms with Crippen molar-refractivity contribution in [1.29, 1.82) is 0 Å². The van der Waals surface area contributed by atoms with E-state index in [0.29, 0.717) is 12.5 Å². The van der Waals surface area contributed by atoms with Gasteiger partial charge in [0.1, 0.15) is 0 Å². The second-order valence-electron chi connectivity index (χ2n) is 6.58. The molecule has 2 N–H and O–H groups in total. The van der Waals surface area contributed by atoms with Crippen LogP contribution in [0.3, 0.4) is 0 Å². The molecule has 0 aromatic carbocycles. The molecule has 1 aromatic rings. The summed E-state index contributed by atoms with van der Waals surface area (Å²) in [5, 5.41) is 15.1. The minimum Gasteiger partial charge on any atom is -0.390 e. The molecule has 1 saturated heterocycles. The summed E-state index contributed by atoms with van der Waals surface area (Å²) >= 11 is 1.69. The molecule has 2 rings (SSSR count). The quantitative estimate of drug-likeness (QED) is 0.878. The minimum absolute atomic E-state index is 0.0728. The first-order valence-corrected chi connectivity index (χ1v) is 8.53. The molecular formula is C16H26N2O2S. The Balaban J connectivity index is 1.86. The van der Waals surface area contributed by atoms with Gasteiger partial charge in [-0.05, 0) is 37.1 Å². The van der Waals surface area contributed by atoms with Gasteiger partial charge < -0.3 is 10.4 Å². The van der Waals surface area contributed by atoms with Gasteiger partial charge in [-0.3, -0.25) is 9.69 Å². The van der Waals surface area contributed by atoms with Gasteiger partial charge in [-0.25, -0.2) is 0 Å². The number of piperidine rings is 1. The number of carbonyl (C=O) groups is 1. The number of nitrogens with one attached hydrogen (secondary N) is 1. The van der Waals surface area contributed by atoms with E-state index in [2.05, 4.69) is 30.1 Å². The lowest BCUT2D eigenvalue weighted by atomic mass is 9.94. The topological polar surface area (TPSA) is 52.6 Å². The molecule has 1 fully saturated rings. The lowest BCUT2D eigenvalue weighted by Crippen LogP contribution is -2.47. The van der Waals surface area contributed by atoms with Gasteiger partial charge in [0, 0.05) is 18.0 Å². The zero-order valence-electron chi connectivity index (χ0n) is 13.1. The van der Waals surface area contributed by atoms with E-state index in [-0.39, 0.29) is 11.9 Å². The zero-order valence-corrected chi connectivity index (χ0v) is 13.9. The maximum absolute atomic E-state index is 12.3. The van der Waals surface area contributed by atoms with Crippen molar-refractivity contribution in [3.63, 3.8) is 0 Å². The Bertz CT molecular complexity index is 447. The van der Waals surface area contributed by atoms with E-state index in [0.717, 1.165) is 25.9 Å². The number of thiophene rings is 1. The molecule has 0 radical (unpaired) electrons. The van der Waals surface area contributed by atoms with Crippen LogP contribution in [0.2, 0.25) is 0 Å². The lowest BCUT2D eigenvalue weighted by Gasteiger charge is -2.35. The summed E-state index contributed by atoms with van der Waals surface area (Å²) in [6.07, 6.45) is 1.47. The first kappa shape index (κ1) is 16.5. The minimum atomic E-state index is -0.565. The van der Waals surface area contributed by atoms with Crippen molar-refractivity contribution in [2.24, 2.45) is 5.92 Å². The van der Waals surface area contributed by atoms with E-state index >= 15 is 0 Å². The number of hydrogen-bond donors (Lipinski definition) is 2. The predicted octanol–water partition coefficient (Wildman–Crippen LogP) is 2.41. The molecule has 0 saturated carbocycles. The van der Waals surface area contributed by atoms with Crippen LogP contribution >= 0.6 is 11.3 Å². The number of hydrogen-bond acceptors (Lipinski definition) is 4. The van der Waals surface area contributed by atoms with Crippen molar-refractivity contribution in [2.45, 2.75) is 45.3 Å². The fraction of sp³-hybridized carbons (Fsp3) is 0.688. The highest BCUT2D eigenvalue weighted by molar-refractivity contribution is 7.10. The Kier molecular flexibility index (Phi) is 5.41. The molecule has 1 unspecified atom stereocenters. The summed E-state index contributed by atoms with van der Waals surface area (Å²) in [6, 6.07) is 4.19. The molecule has 0 aliphatic carbocycles. The van der Waals surface area contributed by atoms with Crippen LogP contribution < -0.4 is 5.32 Å². The van der Waals surface area contributed by atoms with Crippen LogP contribution in [0.4, 0.5) is 0 Å². The molecule has 4 nitrogen and oxygen atoms in total. The van der Waals surface area contributed by atoms with E-state index < -0.39 is 5.60 Å². The van der Waals surface area contributed by atoms with Crippen LogP contribution in [-0.2, 0) is 4.79 Å². The van der Waals surface area contributed by atoms with Crippen molar-refractivity contribution in [2.75, 3.05) is 19.6 Å². The summed E-state index contributed by atoms with van der Waals surface area (Å²) in [5.74, 6) is 0.443. The second kappa shape index (κ2) is 6.90. The molecule has 1 atom stereocenters. The maximum Gasteiger partial charge on any atom is 0.234 e. The normalized spacial score (nSPS) is 20.4. The monoisotopic (exact) mass is 310 g/mol. The molecule has 1 aliphatic heterocycles. The van der Waals surface area contributed by atoms with Crippen LogP contribution in [0.25, 0.3) is 0 Å². The van der Waals surface area contributed by atoms with Crippen molar-refractivity contribution < 1.29 is 9.90 Å². The predicted molar refractivity (Wildman–Crippen MR) is 86.3 cm³/mol. The first-order valence-electron chi connectivity index (χ1n) is 7.65. The van der Waals surface area contributed by atoms with E-state index in [1.807, 2.05) is 18.4 Å². The average Bonchev–Trinajstić information content (AvgIpc) is 2.92. The molecule has 5 heteroatoms. The highest BCUT2D eigenvalue weighted by atomic mass is 32.1. The number of likely N-dealkylation sites (tertiary alicyclic amines) is 1. The number of amides is 1. The highest BCUT2D eigenvalue weighted by Gasteiger charge is 2.28. The third-order valence-electron chi connectivity index (χ3n) is 4.13. The largest absolute Gasteiger partial charge is 0.390 e. The second-order valence-corrected chi connectivity index (χ2v) is 7.56. The molecule has 21 heavy (non-hydrogen) atoms. The van der Waals surface area contributed by atoms with Gasteiger partial charge in [0.15, 0.2) is 0 Å². The van der Waals surface area contributed by atoms with Gasteiger partial charge in [-0.1, -0.05) is 19.9 Å². The summed E-state index contributed by atoms with van der Waals surface area (Å²) in [4.78, 5) is 15.6. The molecule has 1 aliphatic rings. The van der Waals surface area contributed by atoms with E-state index in [4.69, 9.17) is 0 Å². The van der Waals surface area contributed by atoms with E-state index in [9.17, 15) is 9.90 Å². The number of nitrogens with zero attached hydrogens (tertiary/aromatic N) is 1. The fourth-order valence-electron chi connectivity index (χ4n) is 2.65. The Hall–Kier alpha value is -0.910. The number of rotatable bonds is 5. The van der Waals surface area contributed by atoms with Crippen LogP contribution in [0.1, 0.15) is 44.5 Å². The van der Waals surface area contributed by atoms with Crippen molar-refractivity contribution in [3.8, 4) is 0 Å². The van der Waals surface area contributed by atoms with Crippen LogP contribution in [0.5, 0.6) is 0 Å². The summed E-state index contributed by atoms with van der Waals surface area (Å²) in [5.41, 5.74) is -0.565. The molecule has 1 amide bonds. The van der Waals surface area contributed by atoms with E-state index in [1.54, 1.807) is 11.3 Å². The number of aliphatic hydroxyl groups is 1. The standard InChI is InChI=1S/C16H26N2O2S/c1-12(2)15(13-5-4-10-21-13)17-14(19)11-18-8-6-16(3,20)7-9-18/h4-5,10,12,15,20H,6-9,11H2,1-3H3,(H,17,19). The van der Waals surface area contributed by atoms with Gasteiger partial charge in [0.05, 0.1) is 18.2 Å². The van der Waals surface area contributed by atoms with Crippen LogP contribution in [-0.4, -0.2) is 41.1 Å². The zero-order chi connectivity index (χ0) is 15.5. The molecule has 2 heterocycles. The summed E-state index contributed by atoms with van der Waals surface area (Å²) < 4.78 is 0. The van der Waals surface area contributed by atoms with Crippen LogP contribution in [0, 0.1) is 5.92 Å². The summed E-state index contributed by atoms with van der Waals surface area (Å²) in [6.45, 7) is 8.11. The van der Waals surface area contributed by atoms with Gasteiger partial charge in [0.2, 0.25) is 5.91 Å². The molecule has 0 spiro atoms. The lowest BCUT2D eigenvalue weighted by molar-refractivity contribution is -0.124. The Morgan fingerprint density at radius 1 is 1.48 bits per heavy atom. The highest BCUT2D eigenvalue weighted by Crippen LogP contribution is 2.26. The SMILES string of the molecule is CC(C)C(NC(=O)CN1CCC(C)(O)CC1)c1cccs1. The molecule has 1 aromatic heterocycles. The third kappa shape index (κ3) is 4.80. The smallest absolute Gasteiger partial charge is 0.234 e. The Morgan fingerprint density at radius 2 is 2.14 bits per heavy atom. The van der Waals surface area contributed by atoms with Crippen molar-refractivity contribution in [1.82, 2.24) is 10.2 Å². The molecular weight excluding hydrogens is 284 g/mol. The molecule has 118 valence electrons. The van der Waals surface area contributed by atoms with Gasteiger partial charge in [-0.2, -0.15) is 0 Å². The Morgan fingerprint density at radius 3 is 2.67 bits per heavy atom. The first-order chi connectivity index (χ1) is 9.87. The molecule has 0 bridgehead atoms. The van der Waals surface area contributed by atoms with E-state index in [1.165, 1.54) is 4.88 Å². The Labute approximate surface area is 131 Å². The average molecular weight is 310 g/mol. The van der Waals surface area contributed by atoms with Gasteiger partial charge in [-0.15, -0.1) is 11.3 Å². The van der Waals surface area contributed by atoms with Gasteiger partial charge in [0.25, 0.3) is 0 Å². The summed E-state index contributed by atoms with van der Waals surface area (Å²) in [7, 11) is 0. The van der Waals surface area contributed by atoms with Crippen LogP contribution in [0.15, 0.2) is 17.5 Å². The van der Waals surface area contributed by atoms with Crippen molar-refractivity contribution in [3.05, 3.63) is 22.4 Å². The van der Waals surface area contributed by atoms with Crippen molar-refractivity contribution >= 4 is 17.2 Å². The maximum atomic E-state index is 12.3. The number of carbonyl (C=O) groups excluding carboxylic acids is 1. The van der Waals surface area contributed by atoms with Gasteiger partial charge >= 0.3 is 0 Å². The fourth-order valence-corrected chi connectivity index (χ4v) is 3.60.